The minimum Gasteiger partial charge on any atom is -0.494 e. The van der Waals surface area contributed by atoms with Crippen molar-refractivity contribution >= 4 is 28.1 Å². The highest BCUT2D eigenvalue weighted by molar-refractivity contribution is 9.10. The van der Waals surface area contributed by atoms with Gasteiger partial charge in [-0.25, -0.2) is 5.43 Å². The molecule has 0 spiro atoms. The Balaban J connectivity index is 1.87. The number of hydrogen-bond donors (Lipinski definition) is 1. The first kappa shape index (κ1) is 16.2. The highest BCUT2D eigenvalue weighted by Crippen LogP contribution is 2.12. The summed E-state index contributed by atoms with van der Waals surface area (Å²) in [7, 11) is 0. The van der Waals surface area contributed by atoms with Crippen molar-refractivity contribution in [3.05, 3.63) is 64.1 Å². The van der Waals surface area contributed by atoms with Crippen molar-refractivity contribution in [2.24, 2.45) is 5.10 Å². The van der Waals surface area contributed by atoms with Gasteiger partial charge in [-0.2, -0.15) is 5.10 Å². The lowest BCUT2D eigenvalue weighted by molar-refractivity contribution is -0.120. The molecule has 0 heterocycles. The van der Waals surface area contributed by atoms with Crippen molar-refractivity contribution in [2.45, 2.75) is 13.3 Å². The molecule has 4 nitrogen and oxygen atoms in total. The summed E-state index contributed by atoms with van der Waals surface area (Å²) in [5.74, 6) is 0.632. The molecule has 0 aliphatic carbocycles. The van der Waals surface area contributed by atoms with Crippen LogP contribution in [0.15, 0.2) is 58.1 Å². The normalized spacial score (nSPS) is 10.6. The van der Waals surface area contributed by atoms with Gasteiger partial charge in [0.25, 0.3) is 0 Å². The second-order valence-corrected chi connectivity index (χ2v) is 5.52. The fourth-order valence-electron chi connectivity index (χ4n) is 1.86. The van der Waals surface area contributed by atoms with Crippen LogP contribution in [0.1, 0.15) is 18.1 Å². The van der Waals surface area contributed by atoms with E-state index >= 15 is 0 Å². The van der Waals surface area contributed by atoms with Gasteiger partial charge in [0.1, 0.15) is 5.75 Å². The molecule has 0 aromatic heterocycles. The number of benzene rings is 2. The maximum Gasteiger partial charge on any atom is 0.244 e. The van der Waals surface area contributed by atoms with Crippen LogP contribution < -0.4 is 10.2 Å². The number of amides is 1. The van der Waals surface area contributed by atoms with Gasteiger partial charge >= 0.3 is 0 Å². The van der Waals surface area contributed by atoms with E-state index in [1.54, 1.807) is 6.21 Å². The third kappa shape index (κ3) is 5.33. The van der Waals surface area contributed by atoms with Gasteiger partial charge in [-0.05, 0) is 42.3 Å². The molecule has 5 heteroatoms. The van der Waals surface area contributed by atoms with Crippen molar-refractivity contribution in [3.63, 3.8) is 0 Å². The van der Waals surface area contributed by atoms with Crippen molar-refractivity contribution in [1.29, 1.82) is 0 Å². The predicted octanol–water partition coefficient (Wildman–Crippen LogP) is 3.54. The van der Waals surface area contributed by atoms with Gasteiger partial charge in [0, 0.05) is 4.47 Å². The molecule has 22 heavy (non-hydrogen) atoms. The van der Waals surface area contributed by atoms with E-state index in [4.69, 9.17) is 4.74 Å². The van der Waals surface area contributed by atoms with Gasteiger partial charge in [0.05, 0.1) is 19.2 Å². The van der Waals surface area contributed by atoms with Crippen LogP contribution in [0.2, 0.25) is 0 Å². The number of nitrogens with zero attached hydrogens (tertiary/aromatic N) is 1. The molecule has 1 amide bonds. The Kier molecular flexibility index (Phi) is 6.15. The largest absolute Gasteiger partial charge is 0.494 e. The monoisotopic (exact) mass is 360 g/mol. The summed E-state index contributed by atoms with van der Waals surface area (Å²) in [4.78, 5) is 11.8. The molecule has 0 aliphatic heterocycles. The third-order valence-electron chi connectivity index (χ3n) is 2.85. The van der Waals surface area contributed by atoms with Gasteiger partial charge < -0.3 is 4.74 Å². The lowest BCUT2D eigenvalue weighted by Crippen LogP contribution is -2.19. The molecule has 0 bridgehead atoms. The van der Waals surface area contributed by atoms with E-state index in [-0.39, 0.29) is 5.91 Å². The topological polar surface area (TPSA) is 50.7 Å². The SMILES string of the molecule is CCOc1cccc(/C=N/NC(=O)Cc2ccc(Br)cc2)c1. The van der Waals surface area contributed by atoms with Crippen molar-refractivity contribution in [2.75, 3.05) is 6.61 Å². The van der Waals surface area contributed by atoms with Crippen molar-refractivity contribution in [1.82, 2.24) is 5.43 Å². The number of ether oxygens (including phenoxy) is 1. The third-order valence-corrected chi connectivity index (χ3v) is 3.38. The van der Waals surface area contributed by atoms with Crippen LogP contribution in [-0.4, -0.2) is 18.7 Å². The Morgan fingerprint density at radius 1 is 1.27 bits per heavy atom. The maximum atomic E-state index is 11.8. The minimum atomic E-state index is -0.153. The van der Waals surface area contributed by atoms with Crippen LogP contribution in [0.4, 0.5) is 0 Å². The van der Waals surface area contributed by atoms with E-state index in [0.29, 0.717) is 13.0 Å². The van der Waals surface area contributed by atoms with E-state index in [1.165, 1.54) is 0 Å². The molecule has 114 valence electrons. The number of halogens is 1. The quantitative estimate of drug-likeness (QED) is 0.632. The number of carbonyl (C=O) groups is 1. The maximum absolute atomic E-state index is 11.8. The number of nitrogens with one attached hydrogen (secondary N) is 1. The Morgan fingerprint density at radius 3 is 2.77 bits per heavy atom. The van der Waals surface area contributed by atoms with E-state index in [9.17, 15) is 4.79 Å². The lowest BCUT2D eigenvalue weighted by atomic mass is 10.1. The highest BCUT2D eigenvalue weighted by atomic mass is 79.9. The molecule has 0 atom stereocenters. The van der Waals surface area contributed by atoms with Gasteiger partial charge in [0.15, 0.2) is 0 Å². The summed E-state index contributed by atoms with van der Waals surface area (Å²) in [5.41, 5.74) is 4.33. The van der Waals surface area contributed by atoms with E-state index in [0.717, 1.165) is 21.3 Å². The minimum absolute atomic E-state index is 0.153. The van der Waals surface area contributed by atoms with Crippen molar-refractivity contribution < 1.29 is 9.53 Å². The molecular weight excluding hydrogens is 344 g/mol. The fraction of sp³-hybridized carbons (Fsp3) is 0.176. The molecule has 0 saturated heterocycles. The van der Waals surface area contributed by atoms with Crippen LogP contribution in [0, 0.1) is 0 Å². The zero-order valence-corrected chi connectivity index (χ0v) is 13.8. The van der Waals surface area contributed by atoms with Crippen LogP contribution in [-0.2, 0) is 11.2 Å². The lowest BCUT2D eigenvalue weighted by Gasteiger charge is -2.03. The molecule has 2 aromatic carbocycles. The van der Waals surface area contributed by atoms with Crippen LogP contribution in [0.25, 0.3) is 0 Å². The van der Waals surface area contributed by atoms with Gasteiger partial charge in [-0.1, -0.05) is 40.2 Å². The number of hydrogen-bond acceptors (Lipinski definition) is 3. The summed E-state index contributed by atoms with van der Waals surface area (Å²) in [6, 6.07) is 15.2. The second-order valence-electron chi connectivity index (χ2n) is 4.60. The Labute approximate surface area is 138 Å². The molecule has 1 N–H and O–H groups in total. The number of carbonyl (C=O) groups excluding carboxylic acids is 1. The average molecular weight is 361 g/mol. The summed E-state index contributed by atoms with van der Waals surface area (Å²) in [5, 5.41) is 3.97. The zero-order valence-electron chi connectivity index (χ0n) is 12.3. The van der Waals surface area contributed by atoms with Crippen LogP contribution in [0.5, 0.6) is 5.75 Å². The summed E-state index contributed by atoms with van der Waals surface area (Å²) in [6.07, 6.45) is 1.89. The molecule has 2 rings (SSSR count). The van der Waals surface area contributed by atoms with E-state index < -0.39 is 0 Å². The Morgan fingerprint density at radius 2 is 2.05 bits per heavy atom. The zero-order chi connectivity index (χ0) is 15.8. The first-order valence-electron chi connectivity index (χ1n) is 6.96. The highest BCUT2D eigenvalue weighted by Gasteiger charge is 2.01. The van der Waals surface area contributed by atoms with Gasteiger partial charge in [-0.15, -0.1) is 0 Å². The summed E-state index contributed by atoms with van der Waals surface area (Å²) in [6.45, 7) is 2.55. The summed E-state index contributed by atoms with van der Waals surface area (Å²) < 4.78 is 6.40. The molecule has 0 unspecified atom stereocenters. The second kappa shape index (κ2) is 8.34. The summed E-state index contributed by atoms with van der Waals surface area (Å²) >= 11 is 3.36. The van der Waals surface area contributed by atoms with E-state index in [2.05, 4.69) is 26.5 Å². The van der Waals surface area contributed by atoms with Gasteiger partial charge in [0.2, 0.25) is 5.91 Å². The molecule has 0 saturated carbocycles. The molecule has 0 radical (unpaired) electrons. The number of rotatable bonds is 6. The first-order valence-corrected chi connectivity index (χ1v) is 7.76. The smallest absolute Gasteiger partial charge is 0.244 e. The van der Waals surface area contributed by atoms with Gasteiger partial charge in [-0.3, -0.25) is 4.79 Å². The van der Waals surface area contributed by atoms with E-state index in [1.807, 2.05) is 55.5 Å². The van der Waals surface area contributed by atoms with Crippen molar-refractivity contribution in [3.8, 4) is 5.75 Å². The predicted molar refractivity (Wildman–Crippen MR) is 91.2 cm³/mol. The van der Waals surface area contributed by atoms with Crippen LogP contribution >= 0.6 is 15.9 Å². The number of hydrazone groups is 1. The average Bonchev–Trinajstić information content (AvgIpc) is 2.50. The molecule has 0 fully saturated rings. The standard InChI is InChI=1S/C17H17BrN2O2/c1-2-22-16-5-3-4-14(10-16)12-19-20-17(21)11-13-6-8-15(18)9-7-13/h3-10,12H,2,11H2,1H3,(H,20,21)/b19-12+. The fourth-order valence-corrected chi connectivity index (χ4v) is 2.12. The first-order chi connectivity index (χ1) is 10.7. The Bertz CT molecular complexity index is 654. The van der Waals surface area contributed by atoms with Crippen LogP contribution in [0.3, 0.4) is 0 Å². The molecular formula is C17H17BrN2O2. The molecule has 2 aromatic rings. The Hall–Kier alpha value is -2.14. The molecule has 0 aliphatic rings.